The number of amides is 1. The molecule has 0 saturated heterocycles. The van der Waals surface area contributed by atoms with Crippen LogP contribution in [0.15, 0.2) is 83.5 Å². The van der Waals surface area contributed by atoms with Crippen LogP contribution in [0, 0.1) is 0 Å². The standard InChI is InChI=1S/C23H17BrN2O3/c1-29-19-11-5-15(6-12-19)20-14-18-4-2-3-13-26(18)21(20)22(27)23(28)25-17-9-7-16(24)8-10-17/h2-14H,1H3,(H,25,28). The number of benzene rings is 2. The Morgan fingerprint density at radius 1 is 0.966 bits per heavy atom. The lowest BCUT2D eigenvalue weighted by Gasteiger charge is -2.08. The summed E-state index contributed by atoms with van der Waals surface area (Å²) < 4.78 is 7.84. The van der Waals surface area contributed by atoms with Crippen LogP contribution < -0.4 is 10.1 Å². The van der Waals surface area contributed by atoms with E-state index in [2.05, 4.69) is 21.2 Å². The minimum Gasteiger partial charge on any atom is -0.497 e. The highest BCUT2D eigenvalue weighted by atomic mass is 79.9. The number of halogens is 1. The van der Waals surface area contributed by atoms with Crippen molar-refractivity contribution < 1.29 is 14.3 Å². The van der Waals surface area contributed by atoms with Crippen LogP contribution in [-0.4, -0.2) is 23.2 Å². The highest BCUT2D eigenvalue weighted by Crippen LogP contribution is 2.30. The van der Waals surface area contributed by atoms with Gasteiger partial charge in [0.1, 0.15) is 11.4 Å². The average molecular weight is 449 g/mol. The Hall–Kier alpha value is -3.38. The van der Waals surface area contributed by atoms with Crippen LogP contribution >= 0.6 is 15.9 Å². The molecule has 2 heterocycles. The maximum Gasteiger partial charge on any atom is 0.298 e. The largest absolute Gasteiger partial charge is 0.497 e. The summed E-state index contributed by atoms with van der Waals surface area (Å²) in [5.74, 6) is -0.575. The summed E-state index contributed by atoms with van der Waals surface area (Å²) in [6.45, 7) is 0. The summed E-state index contributed by atoms with van der Waals surface area (Å²) in [5, 5.41) is 2.68. The minimum atomic E-state index is -0.689. The number of anilines is 1. The molecule has 0 spiro atoms. The van der Waals surface area contributed by atoms with Gasteiger partial charge < -0.3 is 14.5 Å². The topological polar surface area (TPSA) is 59.8 Å². The SMILES string of the molecule is COc1ccc(-c2cc3ccccn3c2C(=O)C(=O)Nc2ccc(Br)cc2)cc1. The quantitative estimate of drug-likeness (QED) is 0.337. The van der Waals surface area contributed by atoms with Crippen molar-refractivity contribution >= 4 is 38.8 Å². The van der Waals surface area contributed by atoms with Gasteiger partial charge in [-0.25, -0.2) is 0 Å². The molecule has 2 aromatic carbocycles. The molecule has 6 heteroatoms. The van der Waals surface area contributed by atoms with Crippen LogP contribution in [-0.2, 0) is 4.79 Å². The van der Waals surface area contributed by atoms with Gasteiger partial charge in [-0.2, -0.15) is 0 Å². The predicted molar refractivity (Wildman–Crippen MR) is 116 cm³/mol. The van der Waals surface area contributed by atoms with E-state index in [1.165, 1.54) is 0 Å². The Kier molecular flexibility index (Phi) is 5.18. The van der Waals surface area contributed by atoms with E-state index in [-0.39, 0.29) is 0 Å². The van der Waals surface area contributed by atoms with Gasteiger partial charge >= 0.3 is 0 Å². The molecule has 0 aliphatic rings. The van der Waals surface area contributed by atoms with Crippen LogP contribution in [0.5, 0.6) is 5.75 Å². The lowest BCUT2D eigenvalue weighted by Crippen LogP contribution is -2.24. The van der Waals surface area contributed by atoms with E-state index in [0.717, 1.165) is 21.3 Å². The van der Waals surface area contributed by atoms with E-state index in [0.29, 0.717) is 16.9 Å². The van der Waals surface area contributed by atoms with Crippen molar-refractivity contribution in [1.29, 1.82) is 0 Å². The molecule has 0 saturated carbocycles. The van der Waals surface area contributed by atoms with Crippen LogP contribution in [0.1, 0.15) is 10.5 Å². The van der Waals surface area contributed by atoms with E-state index in [4.69, 9.17) is 4.74 Å². The summed E-state index contributed by atoms with van der Waals surface area (Å²) >= 11 is 3.35. The molecule has 1 N–H and O–H groups in total. The number of rotatable bonds is 5. The van der Waals surface area contributed by atoms with Crippen molar-refractivity contribution in [2.24, 2.45) is 0 Å². The van der Waals surface area contributed by atoms with E-state index in [1.54, 1.807) is 42.0 Å². The number of carbonyl (C=O) groups excluding carboxylic acids is 2. The zero-order chi connectivity index (χ0) is 20.4. The first-order chi connectivity index (χ1) is 14.1. The zero-order valence-electron chi connectivity index (χ0n) is 15.6. The van der Waals surface area contributed by atoms with Gasteiger partial charge in [0.25, 0.3) is 11.7 Å². The lowest BCUT2D eigenvalue weighted by molar-refractivity contribution is -0.112. The van der Waals surface area contributed by atoms with Gasteiger partial charge in [0.15, 0.2) is 0 Å². The Morgan fingerprint density at radius 3 is 2.38 bits per heavy atom. The van der Waals surface area contributed by atoms with Crippen molar-refractivity contribution in [1.82, 2.24) is 4.40 Å². The molecule has 1 amide bonds. The second-order valence-electron chi connectivity index (χ2n) is 6.42. The number of pyridine rings is 1. The number of methoxy groups -OCH3 is 1. The number of ether oxygens (including phenoxy) is 1. The molecule has 4 rings (SSSR count). The Morgan fingerprint density at radius 2 is 1.69 bits per heavy atom. The Balaban J connectivity index is 1.75. The molecule has 29 heavy (non-hydrogen) atoms. The number of ketones is 1. The van der Waals surface area contributed by atoms with Crippen molar-refractivity contribution in [2.75, 3.05) is 12.4 Å². The first kappa shape index (κ1) is 19.0. The molecule has 0 unspecified atom stereocenters. The smallest absolute Gasteiger partial charge is 0.298 e. The third-order valence-corrected chi connectivity index (χ3v) is 5.13. The molecule has 0 radical (unpaired) electrons. The number of carbonyl (C=O) groups is 2. The molecule has 0 aliphatic heterocycles. The van der Waals surface area contributed by atoms with Gasteiger partial charge in [-0.05, 0) is 60.2 Å². The highest BCUT2D eigenvalue weighted by molar-refractivity contribution is 9.10. The minimum absolute atomic E-state index is 0.320. The molecule has 144 valence electrons. The molecule has 4 aromatic rings. The summed E-state index contributed by atoms with van der Waals surface area (Å²) in [4.78, 5) is 25.9. The Bertz CT molecular complexity index is 1200. The molecule has 5 nitrogen and oxygen atoms in total. The lowest BCUT2D eigenvalue weighted by atomic mass is 10.0. The van der Waals surface area contributed by atoms with E-state index < -0.39 is 11.7 Å². The summed E-state index contributed by atoms with van der Waals surface area (Å²) in [5.41, 5.74) is 3.22. The second kappa shape index (κ2) is 7.93. The third-order valence-electron chi connectivity index (χ3n) is 4.60. The normalized spacial score (nSPS) is 10.7. The number of nitrogens with one attached hydrogen (secondary N) is 1. The van der Waals surface area contributed by atoms with Crippen molar-refractivity contribution in [3.63, 3.8) is 0 Å². The third kappa shape index (κ3) is 3.79. The number of aromatic nitrogens is 1. The molecule has 0 atom stereocenters. The van der Waals surface area contributed by atoms with Crippen LogP contribution in [0.25, 0.3) is 16.6 Å². The van der Waals surface area contributed by atoms with Crippen molar-refractivity contribution in [3.05, 3.63) is 89.2 Å². The number of fused-ring (bicyclic) bond motifs is 1. The van der Waals surface area contributed by atoms with Crippen LogP contribution in [0.4, 0.5) is 5.69 Å². The van der Waals surface area contributed by atoms with Gasteiger partial charge in [-0.1, -0.05) is 34.1 Å². The fourth-order valence-corrected chi connectivity index (χ4v) is 3.44. The molecule has 0 bridgehead atoms. The fourth-order valence-electron chi connectivity index (χ4n) is 3.17. The summed E-state index contributed by atoms with van der Waals surface area (Å²) in [6, 6.07) is 22.0. The molecule has 0 fully saturated rings. The van der Waals surface area contributed by atoms with Gasteiger partial charge in [0.05, 0.1) is 7.11 Å². The predicted octanol–water partition coefficient (Wildman–Crippen LogP) is 5.20. The number of nitrogens with zero attached hydrogens (tertiary/aromatic N) is 1. The first-order valence-corrected chi connectivity index (χ1v) is 9.72. The molecular weight excluding hydrogens is 432 g/mol. The van der Waals surface area contributed by atoms with Gasteiger partial charge in [0, 0.05) is 27.4 Å². The van der Waals surface area contributed by atoms with Gasteiger partial charge in [0.2, 0.25) is 0 Å². The van der Waals surface area contributed by atoms with Crippen molar-refractivity contribution in [3.8, 4) is 16.9 Å². The van der Waals surface area contributed by atoms with Gasteiger partial charge in [-0.15, -0.1) is 0 Å². The van der Waals surface area contributed by atoms with E-state index in [1.807, 2.05) is 48.5 Å². The number of hydrogen-bond acceptors (Lipinski definition) is 3. The summed E-state index contributed by atoms with van der Waals surface area (Å²) in [6.07, 6.45) is 1.78. The fraction of sp³-hybridized carbons (Fsp3) is 0.0435. The summed E-state index contributed by atoms with van der Waals surface area (Å²) in [7, 11) is 1.60. The van der Waals surface area contributed by atoms with Crippen LogP contribution in [0.3, 0.4) is 0 Å². The number of Topliss-reactive ketones (excluding diaryl/α,β-unsaturated/α-hetero) is 1. The van der Waals surface area contributed by atoms with Gasteiger partial charge in [-0.3, -0.25) is 9.59 Å². The maximum atomic E-state index is 13.1. The zero-order valence-corrected chi connectivity index (χ0v) is 17.1. The number of hydrogen-bond donors (Lipinski definition) is 1. The van der Waals surface area contributed by atoms with Crippen molar-refractivity contribution in [2.45, 2.75) is 0 Å². The average Bonchev–Trinajstić information content (AvgIpc) is 3.14. The van der Waals surface area contributed by atoms with Crippen LogP contribution in [0.2, 0.25) is 0 Å². The first-order valence-electron chi connectivity index (χ1n) is 8.92. The maximum absolute atomic E-state index is 13.1. The van der Waals surface area contributed by atoms with E-state index in [9.17, 15) is 9.59 Å². The Labute approximate surface area is 176 Å². The second-order valence-corrected chi connectivity index (χ2v) is 7.34. The van der Waals surface area contributed by atoms with E-state index >= 15 is 0 Å². The highest BCUT2D eigenvalue weighted by Gasteiger charge is 2.24. The molecule has 2 aromatic heterocycles. The molecule has 0 aliphatic carbocycles. The molecular formula is C23H17BrN2O3. The monoisotopic (exact) mass is 448 g/mol.